The van der Waals surface area contributed by atoms with Gasteiger partial charge >= 0.3 is 0 Å². The fraction of sp³-hybridized carbons (Fsp3) is 0.320. The Morgan fingerprint density at radius 3 is 2.38 bits per heavy atom. The lowest BCUT2D eigenvalue weighted by Gasteiger charge is -2.33. The average molecular weight is 531 g/mol. The molecule has 11 nitrogen and oxygen atoms in total. The number of benzene rings is 1. The lowest BCUT2D eigenvalue weighted by atomic mass is 9.85. The number of hydrogen-bond acceptors (Lipinski definition) is 6. The Labute approximate surface area is 220 Å². The van der Waals surface area contributed by atoms with Crippen LogP contribution in [0.1, 0.15) is 16.8 Å². The molecule has 3 N–H and O–H groups in total. The summed E-state index contributed by atoms with van der Waals surface area (Å²) in [4.78, 5) is 27.8. The molecule has 0 saturated heterocycles. The van der Waals surface area contributed by atoms with Crippen LogP contribution in [0.15, 0.2) is 79.2 Å². The van der Waals surface area contributed by atoms with Crippen LogP contribution in [0.2, 0.25) is 5.02 Å². The number of ether oxygens (including phenoxy) is 2. The van der Waals surface area contributed by atoms with Gasteiger partial charge in [0.1, 0.15) is 5.10 Å². The number of amides is 1. The van der Waals surface area contributed by atoms with E-state index in [2.05, 4.69) is 39.2 Å². The standard InChI is InChI=1S/C25H31ClN6O5/c1-3-14-36-18-25(19-37-15-4-2,17-29-23(33)20-7-9-21(26)10-8-20)11-13-28-24(31-32(34)35)30-22-6-5-12-27-16-22/h3-10,12,16H,1-2,11,13-15,17-19H2,(H,29,33)(H2,28,30,31). The molecule has 2 rings (SSSR count). The van der Waals surface area contributed by atoms with Crippen molar-refractivity contribution < 1.29 is 19.3 Å². The van der Waals surface area contributed by atoms with E-state index in [1.807, 2.05) is 0 Å². The molecule has 2 aromatic rings. The number of carbonyl (C=O) groups excluding carboxylic acids is 1. The number of pyridine rings is 1. The fourth-order valence-electron chi connectivity index (χ4n) is 3.27. The number of guanidine groups is 1. The van der Waals surface area contributed by atoms with Crippen LogP contribution < -0.4 is 16.0 Å². The summed E-state index contributed by atoms with van der Waals surface area (Å²) in [6.07, 6.45) is 6.76. The van der Waals surface area contributed by atoms with Crippen molar-refractivity contribution >= 4 is 29.2 Å². The zero-order valence-corrected chi connectivity index (χ0v) is 21.2. The topological polar surface area (TPSA) is 140 Å². The minimum Gasteiger partial charge on any atom is -0.377 e. The van der Waals surface area contributed by atoms with Crippen LogP contribution in [-0.4, -0.2) is 61.4 Å². The number of hydrazone groups is 1. The molecule has 1 aromatic carbocycles. The van der Waals surface area contributed by atoms with E-state index in [4.69, 9.17) is 21.1 Å². The highest BCUT2D eigenvalue weighted by atomic mass is 35.5. The van der Waals surface area contributed by atoms with Crippen molar-refractivity contribution in [3.05, 3.63) is 94.8 Å². The predicted molar refractivity (Wildman–Crippen MR) is 143 cm³/mol. The quantitative estimate of drug-likeness (QED) is 0.0748. The Bertz CT molecular complexity index is 1040. The number of carbonyl (C=O) groups is 1. The highest BCUT2D eigenvalue weighted by molar-refractivity contribution is 6.30. The van der Waals surface area contributed by atoms with E-state index in [1.54, 1.807) is 54.7 Å². The Morgan fingerprint density at radius 1 is 1.14 bits per heavy atom. The first-order valence-electron chi connectivity index (χ1n) is 11.4. The van der Waals surface area contributed by atoms with Crippen molar-refractivity contribution in [2.75, 3.05) is 44.8 Å². The third-order valence-corrected chi connectivity index (χ3v) is 5.32. The molecule has 0 aliphatic heterocycles. The molecule has 0 aliphatic carbocycles. The van der Waals surface area contributed by atoms with Gasteiger partial charge < -0.3 is 25.4 Å². The molecule has 1 amide bonds. The normalized spacial score (nSPS) is 11.4. The number of halogens is 1. The molecule has 1 aromatic heterocycles. The van der Waals surface area contributed by atoms with Gasteiger partial charge in [-0.3, -0.25) is 9.78 Å². The third kappa shape index (κ3) is 11.2. The lowest BCUT2D eigenvalue weighted by Crippen LogP contribution is -2.46. The van der Waals surface area contributed by atoms with Crippen molar-refractivity contribution in [3.8, 4) is 0 Å². The summed E-state index contributed by atoms with van der Waals surface area (Å²) in [7, 11) is 0. The van der Waals surface area contributed by atoms with E-state index in [0.29, 0.717) is 35.9 Å². The van der Waals surface area contributed by atoms with E-state index in [1.165, 1.54) is 6.20 Å². The summed E-state index contributed by atoms with van der Waals surface area (Å²) >= 11 is 5.92. The number of aromatic nitrogens is 1. The molecule has 0 unspecified atom stereocenters. The molecule has 0 saturated carbocycles. The van der Waals surface area contributed by atoms with Crippen LogP contribution in [-0.2, 0) is 9.47 Å². The molecule has 0 spiro atoms. The summed E-state index contributed by atoms with van der Waals surface area (Å²) in [5, 5.41) is 22.9. The van der Waals surface area contributed by atoms with Crippen LogP contribution in [0.25, 0.3) is 0 Å². The zero-order chi connectivity index (χ0) is 26.9. The van der Waals surface area contributed by atoms with E-state index in [-0.39, 0.29) is 38.2 Å². The molecule has 0 atom stereocenters. The van der Waals surface area contributed by atoms with Gasteiger partial charge in [0.05, 0.1) is 38.3 Å². The van der Waals surface area contributed by atoms with Crippen LogP contribution >= 0.6 is 11.6 Å². The summed E-state index contributed by atoms with van der Waals surface area (Å²) in [6.45, 7) is 8.89. The van der Waals surface area contributed by atoms with Gasteiger partial charge in [-0.25, -0.2) is 10.1 Å². The molecule has 12 heteroatoms. The van der Waals surface area contributed by atoms with Crippen molar-refractivity contribution in [1.82, 2.24) is 15.6 Å². The first-order chi connectivity index (χ1) is 17.9. The van der Waals surface area contributed by atoms with Crippen LogP contribution in [0.5, 0.6) is 0 Å². The summed E-state index contributed by atoms with van der Waals surface area (Å²) in [5.41, 5.74) is 0.298. The molecule has 0 radical (unpaired) electrons. The largest absolute Gasteiger partial charge is 0.377 e. The first-order valence-corrected chi connectivity index (χ1v) is 11.8. The number of nitro groups is 1. The molecule has 0 fully saturated rings. The minimum absolute atomic E-state index is 0.0591. The maximum atomic E-state index is 12.8. The monoisotopic (exact) mass is 530 g/mol. The van der Waals surface area contributed by atoms with Gasteiger partial charge in [0, 0.05) is 35.3 Å². The average Bonchev–Trinajstić information content (AvgIpc) is 2.88. The van der Waals surface area contributed by atoms with Gasteiger partial charge in [-0.05, 0) is 42.8 Å². The number of rotatable bonds is 16. The van der Waals surface area contributed by atoms with Gasteiger partial charge in [0.15, 0.2) is 5.03 Å². The molecule has 0 aliphatic rings. The fourth-order valence-corrected chi connectivity index (χ4v) is 3.40. The first kappa shape index (κ1) is 29.4. The van der Waals surface area contributed by atoms with Crippen molar-refractivity contribution in [2.45, 2.75) is 6.42 Å². The second-order valence-corrected chi connectivity index (χ2v) is 8.46. The van der Waals surface area contributed by atoms with Gasteiger partial charge in [-0.2, -0.15) is 0 Å². The zero-order valence-electron chi connectivity index (χ0n) is 20.4. The predicted octanol–water partition coefficient (Wildman–Crippen LogP) is 3.50. The van der Waals surface area contributed by atoms with Crippen LogP contribution in [0.4, 0.5) is 5.69 Å². The smallest absolute Gasteiger partial charge is 0.273 e. The van der Waals surface area contributed by atoms with Gasteiger partial charge in [-0.15, -0.1) is 13.2 Å². The minimum atomic E-state index is -0.800. The van der Waals surface area contributed by atoms with Gasteiger partial charge in [0.25, 0.3) is 11.9 Å². The maximum Gasteiger partial charge on any atom is 0.273 e. The third-order valence-electron chi connectivity index (χ3n) is 5.07. The molecule has 198 valence electrons. The Morgan fingerprint density at radius 2 is 1.81 bits per heavy atom. The SMILES string of the molecule is C=CCOCC(CCNC(=N[N+](=O)[O-])Nc1cccnc1)(CNC(=O)c1ccc(Cl)cc1)COCC=C. The Kier molecular flexibility index (Phi) is 12.8. The molecular weight excluding hydrogens is 500 g/mol. The van der Waals surface area contributed by atoms with Crippen molar-refractivity contribution in [1.29, 1.82) is 0 Å². The van der Waals surface area contributed by atoms with E-state index < -0.39 is 10.4 Å². The van der Waals surface area contributed by atoms with Crippen molar-refractivity contribution in [2.24, 2.45) is 10.5 Å². The van der Waals surface area contributed by atoms with Crippen LogP contribution in [0, 0.1) is 15.5 Å². The maximum absolute atomic E-state index is 12.8. The van der Waals surface area contributed by atoms with E-state index in [0.717, 1.165) is 0 Å². The Hall–Kier alpha value is -3.80. The van der Waals surface area contributed by atoms with Gasteiger partial charge in [0.2, 0.25) is 0 Å². The van der Waals surface area contributed by atoms with Crippen molar-refractivity contribution in [3.63, 3.8) is 0 Å². The second kappa shape index (κ2) is 16.0. The summed E-state index contributed by atoms with van der Waals surface area (Å²) in [6, 6.07) is 9.93. The highest BCUT2D eigenvalue weighted by Crippen LogP contribution is 2.23. The van der Waals surface area contributed by atoms with E-state index in [9.17, 15) is 14.9 Å². The number of nitrogens with one attached hydrogen (secondary N) is 3. The van der Waals surface area contributed by atoms with E-state index >= 15 is 0 Å². The highest BCUT2D eigenvalue weighted by Gasteiger charge is 2.32. The molecule has 37 heavy (non-hydrogen) atoms. The summed E-state index contributed by atoms with van der Waals surface area (Å²) in [5.74, 6) is -0.341. The molecule has 1 heterocycles. The summed E-state index contributed by atoms with van der Waals surface area (Å²) < 4.78 is 11.5. The number of nitrogens with zero attached hydrogens (tertiary/aromatic N) is 3. The molecule has 0 bridgehead atoms. The van der Waals surface area contributed by atoms with Gasteiger partial charge in [-0.1, -0.05) is 23.8 Å². The molecular formula is C25H31ClN6O5. The number of hydrogen-bond donors (Lipinski definition) is 3. The van der Waals surface area contributed by atoms with Crippen LogP contribution in [0.3, 0.4) is 0 Å². The lowest BCUT2D eigenvalue weighted by molar-refractivity contribution is -0.485. The number of anilines is 1. The Balaban J connectivity index is 2.16. The second-order valence-electron chi connectivity index (χ2n) is 8.03.